The summed E-state index contributed by atoms with van der Waals surface area (Å²) in [6.45, 7) is 3.20. The predicted octanol–water partition coefficient (Wildman–Crippen LogP) is 6.06. The van der Waals surface area contributed by atoms with E-state index in [0.29, 0.717) is 63.2 Å². The third-order valence-corrected chi connectivity index (χ3v) is 6.60. The van der Waals surface area contributed by atoms with Crippen LogP contribution in [-0.2, 0) is 11.4 Å². The third-order valence-electron chi connectivity index (χ3n) is 5.96. The molecule has 0 spiro atoms. The number of thiol groups is 1. The summed E-state index contributed by atoms with van der Waals surface area (Å²) in [4.78, 5) is 23.6. The molecule has 0 radical (unpaired) electrons. The molecule has 0 aliphatic rings. The first-order chi connectivity index (χ1) is 19.8. The molecule has 11 heteroatoms. The predicted molar refractivity (Wildman–Crippen MR) is 166 cm³/mol. The van der Waals surface area contributed by atoms with Crippen molar-refractivity contribution in [2.75, 3.05) is 37.9 Å². The fourth-order valence-corrected chi connectivity index (χ4v) is 4.92. The van der Waals surface area contributed by atoms with E-state index in [-0.39, 0.29) is 24.2 Å². The number of aromatic nitrogens is 2. The van der Waals surface area contributed by atoms with Gasteiger partial charge in [0.15, 0.2) is 0 Å². The van der Waals surface area contributed by atoms with E-state index in [4.69, 9.17) is 21.1 Å². The Bertz CT molecular complexity index is 1560. The van der Waals surface area contributed by atoms with Gasteiger partial charge >= 0.3 is 0 Å². The van der Waals surface area contributed by atoms with Crippen LogP contribution < -0.4 is 20.1 Å². The molecule has 1 amide bonds. The lowest BCUT2D eigenvalue weighted by Crippen LogP contribution is -2.26. The standard InChI is InChI=1S/C30H31ClN6O3S/c1-4-39-28-14-25-23(13-26(28)36-29(38)12-22(41)17-37(2)3)30(19(15-32)16-34-25)35-20-8-9-27(24(31)11-20)40-18-21-7-5-6-10-33-21/h5-11,13-14,16,22,41H,4,12,17-18H2,1-3H3,(H,34,35)(H,36,38)/t22-/m0/s1. The molecule has 4 rings (SSSR count). The highest BCUT2D eigenvalue weighted by Crippen LogP contribution is 2.37. The molecule has 0 unspecified atom stereocenters. The number of hydrogen-bond donors (Lipinski definition) is 3. The Hall–Kier alpha value is -4.04. The molecular weight excluding hydrogens is 560 g/mol. The molecule has 212 valence electrons. The number of benzene rings is 2. The number of carbonyl (C=O) groups excluding carboxylic acids is 1. The van der Waals surface area contributed by atoms with Crippen molar-refractivity contribution in [2.45, 2.75) is 25.2 Å². The number of nitriles is 1. The molecule has 9 nitrogen and oxygen atoms in total. The molecule has 2 heterocycles. The lowest BCUT2D eigenvalue weighted by molar-refractivity contribution is -0.116. The van der Waals surface area contributed by atoms with Crippen LogP contribution in [0.1, 0.15) is 24.6 Å². The molecule has 0 aliphatic heterocycles. The molecule has 2 aromatic carbocycles. The van der Waals surface area contributed by atoms with E-state index in [0.717, 1.165) is 5.69 Å². The van der Waals surface area contributed by atoms with Crippen molar-refractivity contribution >= 4 is 58.1 Å². The first kappa shape index (κ1) is 29.9. The lowest BCUT2D eigenvalue weighted by atomic mass is 10.1. The lowest BCUT2D eigenvalue weighted by Gasteiger charge is -2.18. The molecule has 0 bridgehead atoms. The van der Waals surface area contributed by atoms with Crippen LogP contribution in [0.4, 0.5) is 17.1 Å². The van der Waals surface area contributed by atoms with E-state index in [1.165, 1.54) is 6.20 Å². The van der Waals surface area contributed by atoms with Crippen LogP contribution in [-0.4, -0.2) is 53.3 Å². The van der Waals surface area contributed by atoms with Crippen LogP contribution in [0.2, 0.25) is 5.02 Å². The Labute approximate surface area is 249 Å². The normalized spacial score (nSPS) is 11.6. The van der Waals surface area contributed by atoms with Gasteiger partial charge in [-0.25, -0.2) is 0 Å². The second kappa shape index (κ2) is 14.0. The van der Waals surface area contributed by atoms with Crippen LogP contribution >= 0.6 is 24.2 Å². The van der Waals surface area contributed by atoms with Gasteiger partial charge in [0.25, 0.3) is 0 Å². The zero-order valence-electron chi connectivity index (χ0n) is 23.0. The number of hydrogen-bond acceptors (Lipinski definition) is 9. The summed E-state index contributed by atoms with van der Waals surface area (Å²) < 4.78 is 11.6. The van der Waals surface area contributed by atoms with E-state index in [1.807, 2.05) is 50.2 Å². The first-order valence-electron chi connectivity index (χ1n) is 13.0. The SMILES string of the molecule is CCOc1cc2ncc(C#N)c(Nc3ccc(OCc4ccccn4)c(Cl)c3)c2cc1NC(=O)C[C@H](S)CN(C)C. The van der Waals surface area contributed by atoms with Crippen molar-refractivity contribution in [2.24, 2.45) is 0 Å². The average molecular weight is 591 g/mol. The summed E-state index contributed by atoms with van der Waals surface area (Å²) in [5, 5.41) is 17.0. The second-order valence-corrected chi connectivity index (χ2v) is 10.6. The number of amides is 1. The zero-order chi connectivity index (χ0) is 29.4. The maximum Gasteiger partial charge on any atom is 0.225 e. The van der Waals surface area contributed by atoms with Crippen molar-refractivity contribution < 1.29 is 14.3 Å². The minimum absolute atomic E-state index is 0.134. The van der Waals surface area contributed by atoms with Gasteiger partial charge < -0.3 is 25.0 Å². The van der Waals surface area contributed by atoms with Crippen molar-refractivity contribution in [3.05, 3.63) is 77.2 Å². The van der Waals surface area contributed by atoms with Gasteiger partial charge in [-0.2, -0.15) is 17.9 Å². The molecule has 0 fully saturated rings. The highest BCUT2D eigenvalue weighted by Gasteiger charge is 2.18. The summed E-state index contributed by atoms with van der Waals surface area (Å²) in [5.74, 6) is 0.794. The van der Waals surface area contributed by atoms with Crippen LogP contribution in [0.15, 0.2) is 60.9 Å². The second-order valence-electron chi connectivity index (χ2n) is 9.51. The van der Waals surface area contributed by atoms with Gasteiger partial charge in [-0.1, -0.05) is 17.7 Å². The maximum atomic E-state index is 12.9. The summed E-state index contributed by atoms with van der Waals surface area (Å²) in [5.41, 5.74) is 3.34. The number of anilines is 3. The van der Waals surface area contributed by atoms with E-state index in [9.17, 15) is 10.1 Å². The summed E-state index contributed by atoms with van der Waals surface area (Å²) in [7, 11) is 3.86. The first-order valence-corrected chi connectivity index (χ1v) is 13.9. The molecule has 2 N–H and O–H groups in total. The van der Waals surface area contributed by atoms with E-state index < -0.39 is 0 Å². The van der Waals surface area contributed by atoms with Gasteiger partial charge in [0, 0.05) is 47.7 Å². The highest BCUT2D eigenvalue weighted by molar-refractivity contribution is 7.81. The van der Waals surface area contributed by atoms with Gasteiger partial charge in [-0.3, -0.25) is 14.8 Å². The third kappa shape index (κ3) is 8.01. The Morgan fingerprint density at radius 3 is 2.66 bits per heavy atom. The molecule has 0 saturated heterocycles. The van der Waals surface area contributed by atoms with Gasteiger partial charge in [0.2, 0.25) is 5.91 Å². The Morgan fingerprint density at radius 2 is 1.98 bits per heavy atom. The maximum absolute atomic E-state index is 12.9. The molecule has 2 aromatic heterocycles. The molecule has 1 atom stereocenters. The number of nitrogens with one attached hydrogen (secondary N) is 2. The number of fused-ring (bicyclic) bond motifs is 1. The number of rotatable bonds is 12. The minimum atomic E-state index is -0.195. The van der Waals surface area contributed by atoms with E-state index in [1.54, 1.807) is 30.5 Å². The number of nitrogens with zero attached hydrogens (tertiary/aromatic N) is 4. The van der Waals surface area contributed by atoms with Gasteiger partial charge in [-0.05, 0) is 57.4 Å². The van der Waals surface area contributed by atoms with Crippen molar-refractivity contribution in [3.8, 4) is 17.6 Å². The van der Waals surface area contributed by atoms with E-state index >= 15 is 0 Å². The van der Waals surface area contributed by atoms with Crippen LogP contribution in [0.3, 0.4) is 0 Å². The quantitative estimate of drug-likeness (QED) is 0.171. The summed E-state index contributed by atoms with van der Waals surface area (Å²) >= 11 is 11.1. The highest BCUT2D eigenvalue weighted by atomic mass is 35.5. The molecule has 4 aromatic rings. The minimum Gasteiger partial charge on any atom is -0.492 e. The molecule has 0 saturated carbocycles. The molecular formula is C30H31ClN6O3S. The fraction of sp³-hybridized carbons (Fsp3) is 0.267. The Balaban J connectivity index is 1.63. The number of halogens is 1. The van der Waals surface area contributed by atoms with Crippen molar-refractivity contribution in [1.29, 1.82) is 5.26 Å². The van der Waals surface area contributed by atoms with Crippen LogP contribution in [0, 0.1) is 11.3 Å². The van der Waals surface area contributed by atoms with E-state index in [2.05, 4.69) is 39.3 Å². The molecule has 0 aliphatic carbocycles. The van der Waals surface area contributed by atoms with Gasteiger partial charge in [0.05, 0.1) is 39.8 Å². The van der Waals surface area contributed by atoms with Crippen LogP contribution in [0.25, 0.3) is 10.9 Å². The summed E-state index contributed by atoms with van der Waals surface area (Å²) in [6.07, 6.45) is 3.42. The Morgan fingerprint density at radius 1 is 1.15 bits per heavy atom. The number of ether oxygens (including phenoxy) is 2. The van der Waals surface area contributed by atoms with Crippen LogP contribution in [0.5, 0.6) is 11.5 Å². The van der Waals surface area contributed by atoms with Gasteiger partial charge in [-0.15, -0.1) is 0 Å². The smallest absolute Gasteiger partial charge is 0.225 e. The topological polar surface area (TPSA) is 112 Å². The molecule has 41 heavy (non-hydrogen) atoms. The van der Waals surface area contributed by atoms with Crippen molar-refractivity contribution in [3.63, 3.8) is 0 Å². The summed E-state index contributed by atoms with van der Waals surface area (Å²) in [6, 6.07) is 16.6. The average Bonchev–Trinajstić information content (AvgIpc) is 2.93. The largest absolute Gasteiger partial charge is 0.492 e. The number of pyridine rings is 2. The fourth-order valence-electron chi connectivity index (χ4n) is 4.19. The number of carbonyl (C=O) groups is 1. The van der Waals surface area contributed by atoms with Crippen molar-refractivity contribution in [1.82, 2.24) is 14.9 Å². The monoisotopic (exact) mass is 590 g/mol. The Kier molecular flexibility index (Phi) is 10.2. The van der Waals surface area contributed by atoms with Gasteiger partial charge in [0.1, 0.15) is 24.2 Å². The zero-order valence-corrected chi connectivity index (χ0v) is 24.7.